The van der Waals surface area contributed by atoms with Crippen LogP contribution in [0, 0.1) is 0 Å². The number of benzene rings is 2. The summed E-state index contributed by atoms with van der Waals surface area (Å²) in [7, 11) is 3.53. The van der Waals surface area contributed by atoms with E-state index in [9.17, 15) is 13.6 Å². The van der Waals surface area contributed by atoms with Gasteiger partial charge in [0, 0.05) is 63.1 Å². The molecule has 7 heteroatoms. The van der Waals surface area contributed by atoms with E-state index in [4.69, 9.17) is 0 Å². The maximum Gasteiger partial charge on any atom is 0.317 e. The Morgan fingerprint density at radius 3 is 2.63 bits per heavy atom. The first kappa shape index (κ1) is 23.1. The molecule has 182 valence electrons. The van der Waals surface area contributed by atoms with Gasteiger partial charge in [-0.15, -0.1) is 0 Å². The fourth-order valence-electron chi connectivity index (χ4n) is 5.35. The van der Waals surface area contributed by atoms with Crippen molar-refractivity contribution in [2.45, 2.75) is 32.2 Å². The van der Waals surface area contributed by atoms with Gasteiger partial charge in [-0.1, -0.05) is 18.7 Å². The minimum absolute atomic E-state index is 0.0441. The SMILES string of the molecule is C=Cc1cc2c(c(N3CCCc4cc(-c5ccn(C)c5)c(C(F)F)cc43)c1)CN(C(=O)NC)CC2. The van der Waals surface area contributed by atoms with Crippen LogP contribution in [0.15, 0.2) is 49.3 Å². The van der Waals surface area contributed by atoms with Crippen LogP contribution in [0.1, 0.15) is 40.7 Å². The van der Waals surface area contributed by atoms with Gasteiger partial charge in [-0.3, -0.25) is 0 Å². The number of aromatic nitrogens is 1. The van der Waals surface area contributed by atoms with Gasteiger partial charge >= 0.3 is 6.03 Å². The summed E-state index contributed by atoms with van der Waals surface area (Å²) in [5.41, 5.74) is 7.55. The monoisotopic (exact) mass is 476 g/mol. The summed E-state index contributed by atoms with van der Waals surface area (Å²) in [6.07, 6.45) is 5.49. The van der Waals surface area contributed by atoms with Gasteiger partial charge in [0.25, 0.3) is 6.43 Å². The molecule has 2 aliphatic heterocycles. The van der Waals surface area contributed by atoms with Gasteiger partial charge in [-0.2, -0.15) is 0 Å². The van der Waals surface area contributed by atoms with Crippen LogP contribution in [0.4, 0.5) is 25.0 Å². The molecule has 2 aromatic carbocycles. The third kappa shape index (κ3) is 4.20. The number of urea groups is 1. The fourth-order valence-corrected chi connectivity index (χ4v) is 5.35. The Hall–Kier alpha value is -3.61. The van der Waals surface area contributed by atoms with Crippen LogP contribution in [0.5, 0.6) is 0 Å². The molecule has 2 aliphatic rings. The number of hydrogen-bond donors (Lipinski definition) is 1. The van der Waals surface area contributed by atoms with Crippen molar-refractivity contribution >= 4 is 23.5 Å². The zero-order chi connectivity index (χ0) is 24.7. The number of carbonyl (C=O) groups is 1. The summed E-state index contributed by atoms with van der Waals surface area (Å²) < 4.78 is 30.5. The summed E-state index contributed by atoms with van der Waals surface area (Å²) in [5, 5.41) is 2.72. The van der Waals surface area contributed by atoms with Crippen molar-refractivity contribution in [3.8, 4) is 11.1 Å². The Morgan fingerprint density at radius 2 is 1.94 bits per heavy atom. The highest BCUT2D eigenvalue weighted by Gasteiger charge is 2.29. The summed E-state index contributed by atoms with van der Waals surface area (Å²) in [6, 6.07) is 9.58. The number of carbonyl (C=O) groups excluding carboxylic acids is 1. The molecule has 2 amide bonds. The molecular formula is C28H30F2N4O. The lowest BCUT2D eigenvalue weighted by Crippen LogP contribution is -2.42. The maximum atomic E-state index is 14.3. The largest absolute Gasteiger partial charge is 0.357 e. The number of nitrogens with zero attached hydrogens (tertiary/aromatic N) is 3. The smallest absolute Gasteiger partial charge is 0.317 e. The number of rotatable bonds is 4. The normalized spacial score (nSPS) is 15.1. The molecule has 0 bridgehead atoms. The second-order valence-electron chi connectivity index (χ2n) is 9.30. The van der Waals surface area contributed by atoms with E-state index >= 15 is 0 Å². The van der Waals surface area contributed by atoms with Gasteiger partial charge in [-0.05, 0) is 76.9 Å². The molecule has 35 heavy (non-hydrogen) atoms. The molecule has 0 radical (unpaired) electrons. The van der Waals surface area contributed by atoms with E-state index < -0.39 is 6.43 Å². The van der Waals surface area contributed by atoms with Crippen molar-refractivity contribution in [3.63, 3.8) is 0 Å². The molecule has 0 saturated carbocycles. The van der Waals surface area contributed by atoms with Gasteiger partial charge in [0.2, 0.25) is 0 Å². The van der Waals surface area contributed by atoms with E-state index in [2.05, 4.69) is 28.9 Å². The van der Waals surface area contributed by atoms with Crippen molar-refractivity contribution in [2.75, 3.05) is 25.0 Å². The first-order valence-corrected chi connectivity index (χ1v) is 12.0. The number of alkyl halides is 2. The third-order valence-corrected chi connectivity index (χ3v) is 7.12. The summed E-state index contributed by atoms with van der Waals surface area (Å²) in [6.45, 7) is 5.81. The van der Waals surface area contributed by atoms with Gasteiger partial charge in [-0.25, -0.2) is 13.6 Å². The van der Waals surface area contributed by atoms with Crippen LogP contribution in [0.3, 0.4) is 0 Å². The topological polar surface area (TPSA) is 40.5 Å². The molecule has 0 unspecified atom stereocenters. The van der Waals surface area contributed by atoms with E-state index in [1.54, 1.807) is 18.0 Å². The maximum absolute atomic E-state index is 14.3. The minimum atomic E-state index is -2.59. The molecule has 5 rings (SSSR count). The highest BCUT2D eigenvalue weighted by molar-refractivity contribution is 5.80. The van der Waals surface area contributed by atoms with Gasteiger partial charge in [0.15, 0.2) is 0 Å². The Labute approximate surface area is 204 Å². The Bertz CT molecular complexity index is 1300. The number of amides is 2. The second kappa shape index (κ2) is 9.21. The van der Waals surface area contributed by atoms with E-state index in [0.29, 0.717) is 18.7 Å². The molecular weight excluding hydrogens is 446 g/mol. The van der Waals surface area contributed by atoms with Gasteiger partial charge in [0.1, 0.15) is 0 Å². The molecule has 1 aromatic heterocycles. The Balaban J connectivity index is 1.65. The number of fused-ring (bicyclic) bond motifs is 2. The molecule has 0 atom stereocenters. The van der Waals surface area contributed by atoms with Crippen LogP contribution >= 0.6 is 0 Å². The second-order valence-corrected chi connectivity index (χ2v) is 9.30. The molecule has 0 saturated heterocycles. The Kier molecular flexibility index (Phi) is 6.09. The highest BCUT2D eigenvalue weighted by atomic mass is 19.3. The molecule has 3 heterocycles. The molecule has 1 N–H and O–H groups in total. The van der Waals surface area contributed by atoms with Crippen molar-refractivity contribution in [2.24, 2.45) is 7.05 Å². The van der Waals surface area contributed by atoms with E-state index in [0.717, 1.165) is 59.4 Å². The lowest BCUT2D eigenvalue weighted by molar-refractivity contribution is 0.152. The van der Waals surface area contributed by atoms with Crippen LogP contribution in [-0.2, 0) is 26.4 Å². The summed E-state index contributed by atoms with van der Waals surface area (Å²) >= 11 is 0. The number of anilines is 2. The zero-order valence-corrected chi connectivity index (χ0v) is 20.2. The average Bonchev–Trinajstić information content (AvgIpc) is 3.32. The molecule has 0 fully saturated rings. The average molecular weight is 477 g/mol. The molecule has 0 aliphatic carbocycles. The zero-order valence-electron chi connectivity index (χ0n) is 20.2. The summed E-state index contributed by atoms with van der Waals surface area (Å²) in [5.74, 6) is 0. The summed E-state index contributed by atoms with van der Waals surface area (Å²) in [4.78, 5) is 16.3. The number of halogens is 2. The standard InChI is InChI=1S/C28H30F2N4O/c1-4-18-12-19-8-11-33(28(35)31-2)17-24(19)26(13-18)34-9-5-6-20-14-22(21-7-10-32(3)16-21)23(27(29)30)15-25(20)34/h4,7,10,12-16,27H,1,5-6,8-9,11,17H2,2-3H3,(H,31,35). The van der Waals surface area contributed by atoms with Crippen molar-refractivity contribution in [1.82, 2.24) is 14.8 Å². The number of nitrogens with one attached hydrogen (secondary N) is 1. The molecule has 5 nitrogen and oxygen atoms in total. The van der Waals surface area contributed by atoms with Crippen molar-refractivity contribution in [1.29, 1.82) is 0 Å². The first-order chi connectivity index (χ1) is 16.9. The number of aryl methyl sites for hydroxylation is 2. The molecule has 3 aromatic rings. The van der Waals surface area contributed by atoms with Crippen LogP contribution in [-0.4, -0.2) is 35.6 Å². The van der Waals surface area contributed by atoms with E-state index in [1.165, 1.54) is 5.56 Å². The van der Waals surface area contributed by atoms with E-state index in [1.807, 2.05) is 42.2 Å². The van der Waals surface area contributed by atoms with Gasteiger partial charge < -0.3 is 19.7 Å². The quantitative estimate of drug-likeness (QED) is 0.498. The van der Waals surface area contributed by atoms with E-state index in [-0.39, 0.29) is 11.6 Å². The lowest BCUT2D eigenvalue weighted by atomic mass is 9.90. The predicted octanol–water partition coefficient (Wildman–Crippen LogP) is 6.05. The number of hydrogen-bond acceptors (Lipinski definition) is 2. The lowest BCUT2D eigenvalue weighted by Gasteiger charge is -2.37. The highest BCUT2D eigenvalue weighted by Crippen LogP contribution is 2.43. The predicted molar refractivity (Wildman–Crippen MR) is 136 cm³/mol. The van der Waals surface area contributed by atoms with Crippen molar-refractivity contribution in [3.05, 3.63) is 77.1 Å². The fraction of sp³-hybridized carbons (Fsp3) is 0.321. The molecule has 0 spiro atoms. The van der Waals surface area contributed by atoms with Gasteiger partial charge in [0.05, 0.1) is 0 Å². The third-order valence-electron chi connectivity index (χ3n) is 7.12. The van der Waals surface area contributed by atoms with Crippen LogP contribution < -0.4 is 10.2 Å². The van der Waals surface area contributed by atoms with Crippen LogP contribution in [0.25, 0.3) is 17.2 Å². The first-order valence-electron chi connectivity index (χ1n) is 12.0. The Morgan fingerprint density at radius 1 is 1.11 bits per heavy atom. The van der Waals surface area contributed by atoms with Crippen LogP contribution in [0.2, 0.25) is 0 Å². The van der Waals surface area contributed by atoms with Crippen molar-refractivity contribution < 1.29 is 13.6 Å². The minimum Gasteiger partial charge on any atom is -0.357 e.